The van der Waals surface area contributed by atoms with Crippen LogP contribution in [0.3, 0.4) is 0 Å². The molecule has 0 unspecified atom stereocenters. The Morgan fingerprint density at radius 2 is 1.39 bits per heavy atom. The fourth-order valence-corrected chi connectivity index (χ4v) is 4.77. The standard InChI is InChI=1S/C22H15N2O.C14H14N.Ir/c1-13-6-9-20(24-11-13)18-5-3-4-16-17-8-7-15-10-14(2)23-12-19(15)22(17)25-21(16)18;1-10-4-6-13(7-5-10)14-8-11(2)12(3)9-15-14;/h3-4,6-12H,1-2H3;4-6,8-9H,1-3H3;/q2*-1;. The first-order chi connectivity index (χ1) is 19.4. The molecule has 1 radical (unpaired) electrons. The molecule has 0 spiro atoms. The van der Waals surface area contributed by atoms with Gasteiger partial charge >= 0.3 is 0 Å². The van der Waals surface area contributed by atoms with Gasteiger partial charge in [-0.1, -0.05) is 53.8 Å². The van der Waals surface area contributed by atoms with Crippen LogP contribution in [0.1, 0.15) is 27.9 Å². The van der Waals surface area contributed by atoms with Gasteiger partial charge in [0.2, 0.25) is 0 Å². The smallest absolute Gasteiger partial charge is 0.130 e. The Labute approximate surface area is 253 Å². The summed E-state index contributed by atoms with van der Waals surface area (Å²) in [7, 11) is 0. The third kappa shape index (κ3) is 5.69. The van der Waals surface area contributed by atoms with E-state index in [4.69, 9.17) is 4.42 Å². The molecule has 7 aromatic rings. The average molecular weight is 712 g/mol. The summed E-state index contributed by atoms with van der Waals surface area (Å²) in [6.07, 6.45) is 5.67. The summed E-state index contributed by atoms with van der Waals surface area (Å²) < 4.78 is 6.31. The maximum atomic E-state index is 6.31. The molecule has 0 N–H and O–H groups in total. The molecule has 0 bridgehead atoms. The Bertz CT molecular complexity index is 1990. The summed E-state index contributed by atoms with van der Waals surface area (Å²) in [6, 6.07) is 29.2. The van der Waals surface area contributed by atoms with E-state index in [0.29, 0.717) is 0 Å². The number of hydrogen-bond donors (Lipinski definition) is 0. The molecule has 0 fully saturated rings. The molecule has 3 aromatic carbocycles. The van der Waals surface area contributed by atoms with Crippen molar-refractivity contribution in [1.82, 2.24) is 15.0 Å². The van der Waals surface area contributed by atoms with Gasteiger partial charge in [0.1, 0.15) is 5.58 Å². The molecule has 0 amide bonds. The van der Waals surface area contributed by atoms with Crippen molar-refractivity contribution in [3.05, 3.63) is 125 Å². The number of rotatable bonds is 2. The Morgan fingerprint density at radius 1 is 0.610 bits per heavy atom. The van der Waals surface area contributed by atoms with E-state index in [9.17, 15) is 0 Å². The molecule has 0 aliphatic heterocycles. The Balaban J connectivity index is 0.000000182. The van der Waals surface area contributed by atoms with Crippen molar-refractivity contribution < 1.29 is 24.5 Å². The molecule has 4 nitrogen and oxygen atoms in total. The van der Waals surface area contributed by atoms with Gasteiger partial charge in [-0.2, -0.15) is 0 Å². The van der Waals surface area contributed by atoms with Crippen molar-refractivity contribution in [1.29, 1.82) is 0 Å². The number of hydrogen-bond acceptors (Lipinski definition) is 4. The molecule has 0 saturated carbocycles. The van der Waals surface area contributed by atoms with Gasteiger partial charge in [-0.25, -0.2) is 0 Å². The van der Waals surface area contributed by atoms with Crippen LogP contribution in [0.5, 0.6) is 0 Å². The number of aromatic nitrogens is 3. The summed E-state index contributed by atoms with van der Waals surface area (Å²) in [5.74, 6) is 0. The van der Waals surface area contributed by atoms with Crippen LogP contribution in [0.15, 0.2) is 89.7 Å². The molecule has 7 rings (SSSR count). The fourth-order valence-electron chi connectivity index (χ4n) is 4.77. The molecule has 5 heteroatoms. The SMILES string of the molecule is Cc1c[c-]c(-c2cc(C)c(C)cn2)cc1.Cc1ccc(-c2[c-]ccc3c2oc2c4cnc(C)cc4ccc32)nc1.[Ir]. The number of fused-ring (bicyclic) bond motifs is 5. The summed E-state index contributed by atoms with van der Waals surface area (Å²) in [5, 5.41) is 4.34. The summed E-state index contributed by atoms with van der Waals surface area (Å²) in [6.45, 7) is 10.3. The minimum atomic E-state index is 0. The van der Waals surface area contributed by atoms with E-state index in [2.05, 4.69) is 90.3 Å². The molecule has 0 atom stereocenters. The van der Waals surface area contributed by atoms with Crippen molar-refractivity contribution in [2.45, 2.75) is 34.6 Å². The van der Waals surface area contributed by atoms with Crippen molar-refractivity contribution >= 4 is 32.7 Å². The Morgan fingerprint density at radius 3 is 2.12 bits per heavy atom. The van der Waals surface area contributed by atoms with Gasteiger partial charge < -0.3 is 14.4 Å². The quantitative estimate of drug-likeness (QED) is 0.168. The monoisotopic (exact) mass is 712 g/mol. The van der Waals surface area contributed by atoms with Crippen LogP contribution in [-0.4, -0.2) is 15.0 Å². The zero-order chi connectivity index (χ0) is 27.8. The molecule has 0 aliphatic rings. The number of furan rings is 1. The van der Waals surface area contributed by atoms with Crippen LogP contribution in [0.25, 0.3) is 55.2 Å². The summed E-state index contributed by atoms with van der Waals surface area (Å²) in [4.78, 5) is 13.4. The minimum Gasteiger partial charge on any atom is -0.500 e. The van der Waals surface area contributed by atoms with E-state index in [0.717, 1.165) is 66.5 Å². The second kappa shape index (κ2) is 11.7. The average Bonchev–Trinajstić information content (AvgIpc) is 3.35. The van der Waals surface area contributed by atoms with E-state index in [1.807, 2.05) is 56.7 Å². The zero-order valence-corrected chi connectivity index (χ0v) is 26.1. The van der Waals surface area contributed by atoms with Gasteiger partial charge in [0.15, 0.2) is 0 Å². The van der Waals surface area contributed by atoms with E-state index < -0.39 is 0 Å². The first-order valence-electron chi connectivity index (χ1n) is 13.3. The van der Waals surface area contributed by atoms with Crippen LogP contribution in [0, 0.1) is 46.8 Å². The van der Waals surface area contributed by atoms with Crippen molar-refractivity contribution in [3.8, 4) is 22.5 Å². The van der Waals surface area contributed by atoms with Gasteiger partial charge in [0.05, 0.1) is 5.58 Å². The van der Waals surface area contributed by atoms with Crippen LogP contribution in [-0.2, 0) is 20.1 Å². The van der Waals surface area contributed by atoms with Crippen molar-refractivity contribution in [3.63, 3.8) is 0 Å². The third-order valence-corrected chi connectivity index (χ3v) is 7.22. The Kier molecular flexibility index (Phi) is 8.12. The number of nitrogens with zero attached hydrogens (tertiary/aromatic N) is 3. The number of benzene rings is 3. The maximum absolute atomic E-state index is 6.31. The van der Waals surface area contributed by atoms with E-state index in [-0.39, 0.29) is 20.1 Å². The van der Waals surface area contributed by atoms with Gasteiger partial charge in [-0.05, 0) is 61.7 Å². The summed E-state index contributed by atoms with van der Waals surface area (Å²) >= 11 is 0. The first-order valence-corrected chi connectivity index (χ1v) is 13.3. The van der Waals surface area contributed by atoms with Gasteiger partial charge in [0, 0.05) is 55.2 Å². The number of pyridine rings is 3. The van der Waals surface area contributed by atoms with Gasteiger partial charge in [0.25, 0.3) is 0 Å². The van der Waals surface area contributed by atoms with E-state index >= 15 is 0 Å². The van der Waals surface area contributed by atoms with Crippen LogP contribution >= 0.6 is 0 Å². The van der Waals surface area contributed by atoms with Crippen LogP contribution in [0.4, 0.5) is 0 Å². The number of aryl methyl sites for hydroxylation is 5. The molecular formula is C36H29IrN3O-2. The van der Waals surface area contributed by atoms with Crippen molar-refractivity contribution in [2.24, 2.45) is 0 Å². The van der Waals surface area contributed by atoms with Crippen LogP contribution in [0.2, 0.25) is 0 Å². The first kappa shape index (κ1) is 28.4. The maximum Gasteiger partial charge on any atom is 0.130 e. The zero-order valence-electron chi connectivity index (χ0n) is 23.7. The second-order valence-electron chi connectivity index (χ2n) is 10.3. The van der Waals surface area contributed by atoms with Crippen molar-refractivity contribution in [2.75, 3.05) is 0 Å². The van der Waals surface area contributed by atoms with Gasteiger partial charge in [-0.15, -0.1) is 53.6 Å². The van der Waals surface area contributed by atoms with E-state index in [1.54, 1.807) is 0 Å². The largest absolute Gasteiger partial charge is 0.500 e. The fraction of sp³-hybridized carbons (Fsp3) is 0.139. The molecule has 4 aromatic heterocycles. The minimum absolute atomic E-state index is 0. The summed E-state index contributed by atoms with van der Waals surface area (Å²) in [5.41, 5.74) is 11.4. The van der Waals surface area contributed by atoms with E-state index in [1.165, 1.54) is 16.7 Å². The predicted molar refractivity (Wildman–Crippen MR) is 163 cm³/mol. The molecule has 205 valence electrons. The Hall–Kier alpha value is -4.18. The molecule has 41 heavy (non-hydrogen) atoms. The van der Waals surface area contributed by atoms with Gasteiger partial charge in [-0.3, -0.25) is 4.98 Å². The molecule has 4 heterocycles. The second-order valence-corrected chi connectivity index (χ2v) is 10.3. The normalized spacial score (nSPS) is 10.9. The molecular weight excluding hydrogens is 683 g/mol. The molecule has 0 aliphatic carbocycles. The molecule has 0 saturated heterocycles. The predicted octanol–water partition coefficient (Wildman–Crippen LogP) is 9.08. The van der Waals surface area contributed by atoms with Crippen LogP contribution < -0.4 is 0 Å². The third-order valence-electron chi connectivity index (χ3n) is 7.22. The topological polar surface area (TPSA) is 51.8 Å².